The van der Waals surface area contributed by atoms with E-state index in [1.807, 2.05) is 43.3 Å². The van der Waals surface area contributed by atoms with E-state index < -0.39 is 0 Å². The van der Waals surface area contributed by atoms with Crippen molar-refractivity contribution < 1.29 is 9.53 Å². The minimum atomic E-state index is -0.336. The molecule has 2 aromatic carbocycles. The van der Waals surface area contributed by atoms with Crippen LogP contribution in [0.2, 0.25) is 0 Å². The average Bonchev–Trinajstić information content (AvgIpc) is 3.20. The van der Waals surface area contributed by atoms with E-state index in [4.69, 9.17) is 4.74 Å². The fourth-order valence-corrected chi connectivity index (χ4v) is 2.32. The van der Waals surface area contributed by atoms with E-state index in [1.54, 1.807) is 16.8 Å². The standard InChI is InChI=1S/C17H15BrN6O2/c1-12(13-2-6-15(7-3-13)24-11-19-22-23-24)20-21-17(25)10-26-16-8-4-14(18)5-9-16/h2-9,11H,10H2,1H3,(H,21,25). The van der Waals surface area contributed by atoms with Crippen molar-refractivity contribution in [2.75, 3.05) is 6.61 Å². The quantitative estimate of drug-likeness (QED) is 0.493. The number of rotatable bonds is 6. The predicted molar refractivity (Wildman–Crippen MR) is 99.1 cm³/mol. The van der Waals surface area contributed by atoms with Gasteiger partial charge in [0.2, 0.25) is 0 Å². The van der Waals surface area contributed by atoms with Crippen LogP contribution in [0.1, 0.15) is 12.5 Å². The minimum absolute atomic E-state index is 0.114. The second-order valence-electron chi connectivity index (χ2n) is 5.28. The van der Waals surface area contributed by atoms with Crippen LogP contribution in [0.25, 0.3) is 5.69 Å². The number of nitrogens with zero attached hydrogens (tertiary/aromatic N) is 5. The zero-order valence-electron chi connectivity index (χ0n) is 13.8. The van der Waals surface area contributed by atoms with Crippen molar-refractivity contribution in [3.63, 3.8) is 0 Å². The molecule has 3 aromatic rings. The Morgan fingerprint density at radius 2 is 1.92 bits per heavy atom. The van der Waals surface area contributed by atoms with Gasteiger partial charge >= 0.3 is 0 Å². The molecule has 0 radical (unpaired) electrons. The fraction of sp³-hybridized carbons (Fsp3) is 0.118. The third kappa shape index (κ3) is 4.73. The molecule has 1 aromatic heterocycles. The Hall–Kier alpha value is -3.07. The van der Waals surface area contributed by atoms with Crippen LogP contribution < -0.4 is 10.2 Å². The van der Waals surface area contributed by atoms with Crippen molar-refractivity contribution in [2.24, 2.45) is 5.10 Å². The number of tetrazole rings is 1. The first-order chi connectivity index (χ1) is 12.6. The van der Waals surface area contributed by atoms with E-state index in [1.165, 1.54) is 6.33 Å². The number of halogens is 1. The van der Waals surface area contributed by atoms with Crippen molar-refractivity contribution in [1.29, 1.82) is 0 Å². The van der Waals surface area contributed by atoms with Crippen molar-refractivity contribution in [3.8, 4) is 11.4 Å². The van der Waals surface area contributed by atoms with Crippen LogP contribution >= 0.6 is 15.9 Å². The maximum absolute atomic E-state index is 11.9. The molecule has 0 aliphatic heterocycles. The molecular weight excluding hydrogens is 400 g/mol. The highest BCUT2D eigenvalue weighted by atomic mass is 79.9. The third-order valence-corrected chi connectivity index (χ3v) is 3.96. The van der Waals surface area contributed by atoms with Gasteiger partial charge in [0.25, 0.3) is 5.91 Å². The number of hydrogen-bond donors (Lipinski definition) is 1. The number of carbonyl (C=O) groups is 1. The Bertz CT molecular complexity index is 892. The van der Waals surface area contributed by atoms with Gasteiger partial charge in [-0.25, -0.2) is 10.1 Å². The highest BCUT2D eigenvalue weighted by Gasteiger charge is 2.04. The molecule has 1 N–H and O–H groups in total. The van der Waals surface area contributed by atoms with E-state index in [0.29, 0.717) is 11.5 Å². The lowest BCUT2D eigenvalue weighted by molar-refractivity contribution is -0.123. The summed E-state index contributed by atoms with van der Waals surface area (Å²) < 4.78 is 7.89. The molecule has 0 spiro atoms. The van der Waals surface area contributed by atoms with Gasteiger partial charge in [-0.2, -0.15) is 5.10 Å². The lowest BCUT2D eigenvalue weighted by atomic mass is 10.1. The molecule has 0 bridgehead atoms. The number of amides is 1. The van der Waals surface area contributed by atoms with Crippen LogP contribution in [0.3, 0.4) is 0 Å². The van der Waals surface area contributed by atoms with Gasteiger partial charge in [-0.05, 0) is 59.3 Å². The van der Waals surface area contributed by atoms with Gasteiger partial charge in [0.05, 0.1) is 11.4 Å². The Kier molecular flexibility index (Phi) is 5.69. The summed E-state index contributed by atoms with van der Waals surface area (Å²) >= 11 is 3.34. The first kappa shape index (κ1) is 17.7. The maximum Gasteiger partial charge on any atom is 0.277 e. The summed E-state index contributed by atoms with van der Waals surface area (Å²) in [6.45, 7) is 1.69. The highest BCUT2D eigenvalue weighted by molar-refractivity contribution is 9.10. The van der Waals surface area contributed by atoms with Gasteiger partial charge < -0.3 is 4.74 Å². The summed E-state index contributed by atoms with van der Waals surface area (Å²) in [4.78, 5) is 11.9. The second-order valence-corrected chi connectivity index (χ2v) is 6.19. The zero-order valence-corrected chi connectivity index (χ0v) is 15.4. The molecule has 8 nitrogen and oxygen atoms in total. The molecule has 1 heterocycles. The molecule has 132 valence electrons. The lowest BCUT2D eigenvalue weighted by Gasteiger charge is -2.06. The summed E-state index contributed by atoms with van der Waals surface area (Å²) in [5, 5.41) is 15.1. The van der Waals surface area contributed by atoms with Crippen LogP contribution in [-0.2, 0) is 4.79 Å². The highest BCUT2D eigenvalue weighted by Crippen LogP contribution is 2.15. The zero-order chi connectivity index (χ0) is 18.4. The van der Waals surface area contributed by atoms with E-state index in [-0.39, 0.29) is 12.5 Å². The van der Waals surface area contributed by atoms with Crippen LogP contribution in [0, 0.1) is 0 Å². The lowest BCUT2D eigenvalue weighted by Crippen LogP contribution is -2.25. The summed E-state index contributed by atoms with van der Waals surface area (Å²) in [5.74, 6) is 0.278. The molecule has 0 unspecified atom stereocenters. The molecule has 3 rings (SSSR count). The third-order valence-electron chi connectivity index (χ3n) is 3.43. The Morgan fingerprint density at radius 3 is 2.58 bits per heavy atom. The molecule has 0 atom stereocenters. The van der Waals surface area contributed by atoms with Crippen molar-refractivity contribution in [1.82, 2.24) is 25.6 Å². The SMILES string of the molecule is CC(=NNC(=O)COc1ccc(Br)cc1)c1ccc(-n2cnnn2)cc1. The Morgan fingerprint density at radius 1 is 1.19 bits per heavy atom. The first-order valence-electron chi connectivity index (χ1n) is 7.67. The molecule has 26 heavy (non-hydrogen) atoms. The summed E-state index contributed by atoms with van der Waals surface area (Å²) in [7, 11) is 0. The fourth-order valence-electron chi connectivity index (χ4n) is 2.06. The van der Waals surface area contributed by atoms with Gasteiger partial charge in [-0.3, -0.25) is 4.79 Å². The molecule has 0 aliphatic rings. The van der Waals surface area contributed by atoms with Gasteiger partial charge in [-0.1, -0.05) is 28.1 Å². The van der Waals surface area contributed by atoms with E-state index in [2.05, 4.69) is 42.0 Å². The Labute approximate surface area is 158 Å². The minimum Gasteiger partial charge on any atom is -0.484 e. The molecular formula is C17H15BrN6O2. The monoisotopic (exact) mass is 414 g/mol. The van der Waals surface area contributed by atoms with Gasteiger partial charge in [0.15, 0.2) is 6.61 Å². The largest absolute Gasteiger partial charge is 0.484 e. The maximum atomic E-state index is 11.9. The first-order valence-corrected chi connectivity index (χ1v) is 8.46. The predicted octanol–water partition coefficient (Wildman–Crippen LogP) is 2.34. The summed E-state index contributed by atoms with van der Waals surface area (Å²) in [6, 6.07) is 14.7. The smallest absolute Gasteiger partial charge is 0.277 e. The average molecular weight is 415 g/mol. The molecule has 0 saturated carbocycles. The number of nitrogens with one attached hydrogen (secondary N) is 1. The van der Waals surface area contributed by atoms with E-state index in [9.17, 15) is 4.79 Å². The van der Waals surface area contributed by atoms with Crippen LogP contribution in [-0.4, -0.2) is 38.4 Å². The van der Waals surface area contributed by atoms with Crippen molar-refractivity contribution in [2.45, 2.75) is 6.92 Å². The number of ether oxygens (including phenoxy) is 1. The van der Waals surface area contributed by atoms with E-state index in [0.717, 1.165) is 15.7 Å². The van der Waals surface area contributed by atoms with Gasteiger partial charge in [0.1, 0.15) is 12.1 Å². The summed E-state index contributed by atoms with van der Waals surface area (Å²) in [6.07, 6.45) is 1.52. The van der Waals surface area contributed by atoms with Crippen LogP contribution in [0.4, 0.5) is 0 Å². The van der Waals surface area contributed by atoms with Gasteiger partial charge in [0, 0.05) is 4.47 Å². The van der Waals surface area contributed by atoms with Crippen molar-refractivity contribution in [3.05, 3.63) is 64.9 Å². The number of hydrogen-bond acceptors (Lipinski definition) is 6. The van der Waals surface area contributed by atoms with Crippen LogP contribution in [0.5, 0.6) is 5.75 Å². The number of benzene rings is 2. The molecule has 1 amide bonds. The molecule has 0 fully saturated rings. The van der Waals surface area contributed by atoms with Gasteiger partial charge in [-0.15, -0.1) is 5.10 Å². The molecule has 0 saturated heterocycles. The Balaban J connectivity index is 1.54. The summed E-state index contributed by atoms with van der Waals surface area (Å²) in [5.41, 5.74) is 4.86. The molecule has 9 heteroatoms. The number of hydrazone groups is 1. The number of aromatic nitrogens is 4. The second kappa shape index (κ2) is 8.34. The van der Waals surface area contributed by atoms with E-state index >= 15 is 0 Å². The normalized spacial score (nSPS) is 11.2. The number of carbonyl (C=O) groups excluding carboxylic acids is 1. The van der Waals surface area contributed by atoms with Crippen LogP contribution in [0.15, 0.2) is 64.4 Å². The van der Waals surface area contributed by atoms with Crippen molar-refractivity contribution >= 4 is 27.5 Å². The topological polar surface area (TPSA) is 94.3 Å². The molecule has 0 aliphatic carbocycles.